The van der Waals surface area contributed by atoms with Gasteiger partial charge in [0.2, 0.25) is 0 Å². The van der Waals surface area contributed by atoms with Crippen molar-refractivity contribution in [2.24, 2.45) is 0 Å². The van der Waals surface area contributed by atoms with E-state index < -0.39 is 0 Å². The van der Waals surface area contributed by atoms with Crippen molar-refractivity contribution in [3.63, 3.8) is 0 Å². The zero-order chi connectivity index (χ0) is 12.3. The lowest BCUT2D eigenvalue weighted by Crippen LogP contribution is -1.99. The van der Waals surface area contributed by atoms with Gasteiger partial charge in [0.25, 0.3) is 0 Å². The highest BCUT2D eigenvalue weighted by Gasteiger charge is 2.07. The number of benzene rings is 1. The Kier molecular flexibility index (Phi) is 3.84. The van der Waals surface area contributed by atoms with Crippen molar-refractivity contribution in [3.05, 3.63) is 41.2 Å². The van der Waals surface area contributed by atoms with Gasteiger partial charge in [0.15, 0.2) is 5.16 Å². The zero-order valence-corrected chi connectivity index (χ0v) is 11.3. The van der Waals surface area contributed by atoms with Crippen LogP contribution in [0.25, 0.3) is 0 Å². The van der Waals surface area contributed by atoms with Crippen LogP contribution in [0.15, 0.2) is 29.4 Å². The molecule has 0 bridgehead atoms. The Morgan fingerprint density at radius 1 is 1.24 bits per heavy atom. The van der Waals surface area contributed by atoms with Crippen molar-refractivity contribution in [2.45, 2.75) is 38.2 Å². The van der Waals surface area contributed by atoms with Gasteiger partial charge in [-0.25, -0.2) is 0 Å². The first-order valence-electron chi connectivity index (χ1n) is 5.79. The van der Waals surface area contributed by atoms with Crippen LogP contribution in [0.5, 0.6) is 0 Å². The Morgan fingerprint density at radius 2 is 2.06 bits per heavy atom. The van der Waals surface area contributed by atoms with Crippen LogP contribution < -0.4 is 0 Å². The molecule has 1 heterocycles. The number of hydrogen-bond donors (Lipinski definition) is 0. The number of aromatic nitrogens is 3. The smallest absolute Gasteiger partial charge is 0.191 e. The van der Waals surface area contributed by atoms with Crippen LogP contribution in [0.4, 0.5) is 0 Å². The van der Waals surface area contributed by atoms with E-state index >= 15 is 0 Å². The summed E-state index contributed by atoms with van der Waals surface area (Å²) in [5.41, 5.74) is 2.63. The first-order chi connectivity index (χ1) is 8.20. The molecule has 0 aliphatic rings. The third kappa shape index (κ3) is 2.88. The van der Waals surface area contributed by atoms with Gasteiger partial charge in [0, 0.05) is 12.3 Å². The summed E-state index contributed by atoms with van der Waals surface area (Å²) in [5.74, 6) is 1.93. The summed E-state index contributed by atoms with van der Waals surface area (Å²) in [4.78, 5) is 0. The standard InChI is InChI=1S/C13H17N3S/c1-4-16-11(3)14-15-13(16)17-9-12-7-5-6-10(2)8-12/h5-8H,4,9H2,1-3H3. The Hall–Kier alpha value is -1.29. The first kappa shape index (κ1) is 12.2. The molecule has 2 aromatic rings. The van der Waals surface area contributed by atoms with Crippen LogP contribution in [-0.2, 0) is 12.3 Å². The van der Waals surface area contributed by atoms with Gasteiger partial charge in [-0.05, 0) is 26.3 Å². The molecule has 1 aromatic carbocycles. The normalized spacial score (nSPS) is 10.8. The molecular weight excluding hydrogens is 230 g/mol. The van der Waals surface area contributed by atoms with Crippen molar-refractivity contribution in [3.8, 4) is 0 Å². The molecule has 0 amide bonds. The van der Waals surface area contributed by atoms with Gasteiger partial charge in [0.05, 0.1) is 0 Å². The second kappa shape index (κ2) is 5.36. The second-order valence-corrected chi connectivity index (χ2v) is 4.99. The minimum absolute atomic E-state index is 0.926. The minimum atomic E-state index is 0.926. The van der Waals surface area contributed by atoms with E-state index in [1.165, 1.54) is 11.1 Å². The molecule has 1 aromatic heterocycles. The molecule has 0 radical (unpaired) electrons. The van der Waals surface area contributed by atoms with Crippen molar-refractivity contribution in [1.29, 1.82) is 0 Å². The number of hydrogen-bond acceptors (Lipinski definition) is 3. The van der Waals surface area contributed by atoms with Gasteiger partial charge in [-0.1, -0.05) is 41.6 Å². The SMILES string of the molecule is CCn1c(C)nnc1SCc1cccc(C)c1. The van der Waals surface area contributed by atoms with Crippen LogP contribution in [-0.4, -0.2) is 14.8 Å². The molecule has 0 atom stereocenters. The van der Waals surface area contributed by atoms with E-state index in [9.17, 15) is 0 Å². The van der Waals surface area contributed by atoms with Gasteiger partial charge < -0.3 is 4.57 Å². The van der Waals surface area contributed by atoms with Crippen LogP contribution in [0.3, 0.4) is 0 Å². The number of nitrogens with zero attached hydrogens (tertiary/aromatic N) is 3. The van der Waals surface area contributed by atoms with Crippen molar-refractivity contribution >= 4 is 11.8 Å². The van der Waals surface area contributed by atoms with E-state index in [-0.39, 0.29) is 0 Å². The summed E-state index contributed by atoms with van der Waals surface area (Å²) in [6, 6.07) is 8.58. The quantitative estimate of drug-likeness (QED) is 0.777. The molecule has 2 rings (SSSR count). The molecule has 90 valence electrons. The summed E-state index contributed by atoms with van der Waals surface area (Å²) in [7, 11) is 0. The molecule has 0 spiro atoms. The lowest BCUT2D eigenvalue weighted by molar-refractivity contribution is 0.662. The van der Waals surface area contributed by atoms with Gasteiger partial charge in [0.1, 0.15) is 5.82 Å². The fourth-order valence-electron chi connectivity index (χ4n) is 1.78. The fourth-order valence-corrected chi connectivity index (χ4v) is 2.77. The van der Waals surface area contributed by atoms with Gasteiger partial charge in [-0.3, -0.25) is 0 Å². The topological polar surface area (TPSA) is 30.7 Å². The third-order valence-electron chi connectivity index (χ3n) is 2.67. The molecule has 0 fully saturated rings. The summed E-state index contributed by atoms with van der Waals surface area (Å²) < 4.78 is 2.14. The molecule has 0 aliphatic carbocycles. The highest BCUT2D eigenvalue weighted by molar-refractivity contribution is 7.98. The monoisotopic (exact) mass is 247 g/mol. The summed E-state index contributed by atoms with van der Waals surface area (Å²) in [5, 5.41) is 9.32. The third-order valence-corrected chi connectivity index (χ3v) is 3.71. The summed E-state index contributed by atoms with van der Waals surface area (Å²) in [6.45, 7) is 7.15. The van der Waals surface area contributed by atoms with Crippen molar-refractivity contribution in [2.75, 3.05) is 0 Å². The molecule has 0 saturated carbocycles. The number of aryl methyl sites for hydroxylation is 2. The number of rotatable bonds is 4. The molecule has 0 saturated heterocycles. The molecule has 0 N–H and O–H groups in total. The van der Waals surface area contributed by atoms with E-state index in [0.717, 1.165) is 23.3 Å². The molecule has 3 nitrogen and oxygen atoms in total. The highest BCUT2D eigenvalue weighted by atomic mass is 32.2. The molecule has 0 unspecified atom stereocenters. The van der Waals surface area contributed by atoms with Crippen LogP contribution in [0.2, 0.25) is 0 Å². The molecule has 0 aliphatic heterocycles. The second-order valence-electron chi connectivity index (χ2n) is 4.05. The maximum atomic E-state index is 4.20. The van der Waals surface area contributed by atoms with Gasteiger partial charge in [-0.15, -0.1) is 10.2 Å². The van der Waals surface area contributed by atoms with E-state index in [1.54, 1.807) is 11.8 Å². The first-order valence-corrected chi connectivity index (χ1v) is 6.77. The van der Waals surface area contributed by atoms with Gasteiger partial charge >= 0.3 is 0 Å². The Labute approximate surface area is 106 Å². The molecular formula is C13H17N3S. The maximum absolute atomic E-state index is 4.20. The maximum Gasteiger partial charge on any atom is 0.191 e. The van der Waals surface area contributed by atoms with E-state index in [1.807, 2.05) is 6.92 Å². The number of thioether (sulfide) groups is 1. The Bertz CT molecular complexity index is 505. The van der Waals surface area contributed by atoms with E-state index in [2.05, 4.69) is 52.9 Å². The molecule has 17 heavy (non-hydrogen) atoms. The lowest BCUT2D eigenvalue weighted by Gasteiger charge is -2.05. The fraction of sp³-hybridized carbons (Fsp3) is 0.385. The Morgan fingerprint density at radius 3 is 2.76 bits per heavy atom. The average Bonchev–Trinajstić information content (AvgIpc) is 2.67. The van der Waals surface area contributed by atoms with E-state index in [0.29, 0.717) is 0 Å². The predicted molar refractivity (Wildman–Crippen MR) is 71.2 cm³/mol. The van der Waals surface area contributed by atoms with Gasteiger partial charge in [-0.2, -0.15) is 0 Å². The predicted octanol–water partition coefficient (Wildman–Crippen LogP) is 3.21. The largest absolute Gasteiger partial charge is 0.307 e. The highest BCUT2D eigenvalue weighted by Crippen LogP contribution is 2.22. The van der Waals surface area contributed by atoms with Crippen LogP contribution >= 0.6 is 11.8 Å². The summed E-state index contributed by atoms with van der Waals surface area (Å²) in [6.07, 6.45) is 0. The van der Waals surface area contributed by atoms with Crippen molar-refractivity contribution in [1.82, 2.24) is 14.8 Å². The van der Waals surface area contributed by atoms with Crippen LogP contribution in [0, 0.1) is 13.8 Å². The van der Waals surface area contributed by atoms with Crippen molar-refractivity contribution < 1.29 is 0 Å². The lowest BCUT2D eigenvalue weighted by atomic mass is 10.2. The van der Waals surface area contributed by atoms with E-state index in [4.69, 9.17) is 0 Å². The minimum Gasteiger partial charge on any atom is -0.307 e. The van der Waals surface area contributed by atoms with Crippen LogP contribution in [0.1, 0.15) is 23.9 Å². The average molecular weight is 247 g/mol. The molecule has 4 heteroatoms. The summed E-state index contributed by atoms with van der Waals surface area (Å²) >= 11 is 1.74. The zero-order valence-electron chi connectivity index (χ0n) is 10.5. The Balaban J connectivity index is 2.07.